The van der Waals surface area contributed by atoms with E-state index in [2.05, 4.69) is 35.1 Å². The van der Waals surface area contributed by atoms with Gasteiger partial charge in [0.05, 0.1) is 4.47 Å². The van der Waals surface area contributed by atoms with Gasteiger partial charge in [-0.15, -0.1) is 0 Å². The monoisotopic (exact) mass is 556 g/mol. The topological polar surface area (TPSA) is 58.6 Å². The number of nitrogens with one attached hydrogen (secondary N) is 1. The fraction of sp³-hybridized carbons (Fsp3) is 0.440. The Labute approximate surface area is 214 Å². The van der Waals surface area contributed by atoms with Crippen LogP contribution in [-0.2, 0) is 16.1 Å². The number of carbonyl (C=O) groups is 2. The summed E-state index contributed by atoms with van der Waals surface area (Å²) in [5, 5.41) is 3.80. The highest BCUT2D eigenvalue weighted by molar-refractivity contribution is 9.10. The van der Waals surface area contributed by atoms with Crippen LogP contribution in [0.4, 0.5) is 0 Å². The van der Waals surface area contributed by atoms with Crippen molar-refractivity contribution in [3.8, 4) is 5.75 Å². The molecule has 0 radical (unpaired) electrons. The molecule has 0 saturated carbocycles. The largest absolute Gasteiger partial charge is 0.483 e. The molecule has 33 heavy (non-hydrogen) atoms. The van der Waals surface area contributed by atoms with Crippen LogP contribution in [0, 0.1) is 0 Å². The summed E-state index contributed by atoms with van der Waals surface area (Å²) in [6.07, 6.45) is 0.784. The van der Waals surface area contributed by atoms with Crippen LogP contribution in [0.15, 0.2) is 40.9 Å². The molecular formula is C25H31BrCl2N2O3. The number of hydrogen-bond acceptors (Lipinski definition) is 3. The SMILES string of the molecule is CCC(C)NC(=O)C(C)N(Cc1c(Cl)cccc1Cl)C(=O)COc1ccc(C(C)C)cc1Br. The highest BCUT2D eigenvalue weighted by Crippen LogP contribution is 2.30. The zero-order valence-corrected chi connectivity index (χ0v) is 22.7. The van der Waals surface area contributed by atoms with Gasteiger partial charge in [0.2, 0.25) is 5.91 Å². The number of halogens is 3. The molecule has 0 aliphatic carbocycles. The standard InChI is InChI=1S/C25H31BrCl2N2O3/c1-6-16(4)29-25(32)17(5)30(13-19-21(27)8-7-9-22(19)28)24(31)14-33-23-11-10-18(15(2)3)12-20(23)26/h7-12,15-17H,6,13-14H2,1-5H3,(H,29,32). The van der Waals surface area contributed by atoms with Crippen LogP contribution in [0.1, 0.15) is 58.1 Å². The number of amides is 2. The molecule has 0 bridgehead atoms. The van der Waals surface area contributed by atoms with E-state index in [1.807, 2.05) is 32.0 Å². The van der Waals surface area contributed by atoms with Gasteiger partial charge in [-0.25, -0.2) is 0 Å². The predicted molar refractivity (Wildman–Crippen MR) is 138 cm³/mol. The summed E-state index contributed by atoms with van der Waals surface area (Å²) in [4.78, 5) is 27.5. The molecule has 5 nitrogen and oxygen atoms in total. The Bertz CT molecular complexity index is 964. The van der Waals surface area contributed by atoms with Crippen LogP contribution in [0.2, 0.25) is 10.0 Å². The highest BCUT2D eigenvalue weighted by atomic mass is 79.9. The summed E-state index contributed by atoms with van der Waals surface area (Å²) in [5.41, 5.74) is 1.74. The maximum absolute atomic E-state index is 13.3. The van der Waals surface area contributed by atoms with E-state index < -0.39 is 6.04 Å². The zero-order chi connectivity index (χ0) is 24.7. The van der Waals surface area contributed by atoms with Gasteiger partial charge in [0.25, 0.3) is 5.91 Å². The summed E-state index contributed by atoms with van der Waals surface area (Å²) in [6.45, 7) is 9.66. The van der Waals surface area contributed by atoms with Gasteiger partial charge >= 0.3 is 0 Å². The maximum atomic E-state index is 13.3. The molecule has 8 heteroatoms. The van der Waals surface area contributed by atoms with Crippen molar-refractivity contribution >= 4 is 50.9 Å². The second kappa shape index (κ2) is 12.6. The van der Waals surface area contributed by atoms with E-state index in [9.17, 15) is 9.59 Å². The molecule has 0 aromatic heterocycles. The van der Waals surface area contributed by atoms with Crippen LogP contribution >= 0.6 is 39.1 Å². The summed E-state index contributed by atoms with van der Waals surface area (Å²) < 4.78 is 6.58. The molecule has 2 rings (SSSR count). The van der Waals surface area contributed by atoms with E-state index in [0.717, 1.165) is 16.5 Å². The molecule has 0 aliphatic rings. The van der Waals surface area contributed by atoms with Gasteiger partial charge in [-0.3, -0.25) is 9.59 Å². The third kappa shape index (κ3) is 7.62. The molecule has 1 N–H and O–H groups in total. The van der Waals surface area contributed by atoms with Crippen molar-refractivity contribution in [1.29, 1.82) is 0 Å². The molecule has 2 atom stereocenters. The molecule has 0 spiro atoms. The fourth-order valence-electron chi connectivity index (χ4n) is 3.12. The predicted octanol–water partition coefficient (Wildman–Crippen LogP) is 6.59. The minimum atomic E-state index is -0.741. The van der Waals surface area contributed by atoms with Gasteiger partial charge in [-0.2, -0.15) is 0 Å². The fourth-order valence-corrected chi connectivity index (χ4v) is 4.15. The molecule has 0 aliphatic heterocycles. The smallest absolute Gasteiger partial charge is 0.261 e. The number of hydrogen-bond donors (Lipinski definition) is 1. The van der Waals surface area contributed by atoms with Crippen molar-refractivity contribution < 1.29 is 14.3 Å². The van der Waals surface area contributed by atoms with Crippen LogP contribution in [0.25, 0.3) is 0 Å². The Morgan fingerprint density at radius 2 is 1.73 bits per heavy atom. The summed E-state index contributed by atoms with van der Waals surface area (Å²) in [7, 11) is 0. The van der Waals surface area contributed by atoms with Crippen LogP contribution in [-0.4, -0.2) is 35.4 Å². The Hall–Kier alpha value is -1.76. The number of rotatable bonds is 10. The zero-order valence-electron chi connectivity index (χ0n) is 19.6. The van der Waals surface area contributed by atoms with E-state index in [4.69, 9.17) is 27.9 Å². The third-order valence-corrected chi connectivity index (χ3v) is 6.86. The summed E-state index contributed by atoms with van der Waals surface area (Å²) in [6, 6.07) is 10.2. The first-order valence-corrected chi connectivity index (χ1v) is 12.5. The lowest BCUT2D eigenvalue weighted by molar-refractivity contribution is -0.142. The van der Waals surface area contributed by atoms with Gasteiger partial charge in [-0.05, 0) is 71.9 Å². The highest BCUT2D eigenvalue weighted by Gasteiger charge is 2.28. The van der Waals surface area contributed by atoms with E-state index >= 15 is 0 Å². The molecule has 2 aromatic rings. The van der Waals surface area contributed by atoms with Crippen molar-refractivity contribution in [3.63, 3.8) is 0 Å². The molecule has 0 heterocycles. The number of nitrogens with zero attached hydrogens (tertiary/aromatic N) is 1. The van der Waals surface area contributed by atoms with Crippen molar-refractivity contribution in [1.82, 2.24) is 10.2 Å². The molecule has 0 fully saturated rings. The van der Waals surface area contributed by atoms with E-state index in [-0.39, 0.29) is 31.0 Å². The molecular weight excluding hydrogens is 527 g/mol. The minimum absolute atomic E-state index is 0.00696. The lowest BCUT2D eigenvalue weighted by atomic mass is 10.0. The van der Waals surface area contributed by atoms with Gasteiger partial charge in [-0.1, -0.05) is 56.1 Å². The van der Waals surface area contributed by atoms with Crippen LogP contribution in [0.5, 0.6) is 5.75 Å². The van der Waals surface area contributed by atoms with Crippen LogP contribution < -0.4 is 10.1 Å². The van der Waals surface area contributed by atoms with Crippen molar-refractivity contribution in [2.45, 2.75) is 65.6 Å². The Morgan fingerprint density at radius 3 is 2.27 bits per heavy atom. The quantitative estimate of drug-likeness (QED) is 0.358. The average molecular weight is 558 g/mol. The third-order valence-electron chi connectivity index (χ3n) is 5.53. The first-order chi connectivity index (χ1) is 15.5. The average Bonchev–Trinajstić information content (AvgIpc) is 2.77. The Kier molecular flexibility index (Phi) is 10.5. The van der Waals surface area contributed by atoms with Gasteiger partial charge in [0.15, 0.2) is 6.61 Å². The Morgan fingerprint density at radius 1 is 1.09 bits per heavy atom. The molecule has 0 saturated heterocycles. The number of ether oxygens (including phenoxy) is 1. The summed E-state index contributed by atoms with van der Waals surface area (Å²) >= 11 is 16.2. The van der Waals surface area contributed by atoms with E-state index in [1.165, 1.54) is 4.90 Å². The molecule has 2 aromatic carbocycles. The number of carbonyl (C=O) groups excluding carboxylic acids is 2. The normalized spacial score (nSPS) is 12.9. The van der Waals surface area contributed by atoms with Gasteiger partial charge in [0.1, 0.15) is 11.8 Å². The van der Waals surface area contributed by atoms with Crippen molar-refractivity contribution in [3.05, 3.63) is 62.0 Å². The van der Waals surface area contributed by atoms with Crippen LogP contribution in [0.3, 0.4) is 0 Å². The first-order valence-electron chi connectivity index (χ1n) is 11.0. The molecule has 2 unspecified atom stereocenters. The lowest BCUT2D eigenvalue weighted by Crippen LogP contribution is -2.50. The van der Waals surface area contributed by atoms with Gasteiger partial charge < -0.3 is 15.0 Å². The summed E-state index contributed by atoms with van der Waals surface area (Å²) in [5.74, 6) is 0.332. The van der Waals surface area contributed by atoms with Crippen molar-refractivity contribution in [2.75, 3.05) is 6.61 Å². The molecule has 2 amide bonds. The molecule has 180 valence electrons. The maximum Gasteiger partial charge on any atom is 0.261 e. The first kappa shape index (κ1) is 27.5. The second-order valence-corrected chi connectivity index (χ2v) is 10.0. The van der Waals surface area contributed by atoms with Gasteiger partial charge in [0, 0.05) is 28.2 Å². The minimum Gasteiger partial charge on any atom is -0.483 e. The second-order valence-electron chi connectivity index (χ2n) is 8.35. The van der Waals surface area contributed by atoms with E-state index in [1.54, 1.807) is 25.1 Å². The Balaban J connectivity index is 2.24. The number of benzene rings is 2. The lowest BCUT2D eigenvalue weighted by Gasteiger charge is -2.30. The van der Waals surface area contributed by atoms with Crippen molar-refractivity contribution in [2.24, 2.45) is 0 Å². The van der Waals surface area contributed by atoms with E-state index in [0.29, 0.717) is 27.3 Å².